The number of aryl methyl sites for hydroxylation is 2. The topological polar surface area (TPSA) is 72.2 Å². The van der Waals surface area contributed by atoms with Gasteiger partial charge in [-0.3, -0.25) is 4.72 Å². The van der Waals surface area contributed by atoms with Gasteiger partial charge in [0.2, 0.25) is 0 Å². The average molecular weight is 294 g/mol. The van der Waals surface area contributed by atoms with Gasteiger partial charge in [0, 0.05) is 5.69 Å². The van der Waals surface area contributed by atoms with E-state index in [0.29, 0.717) is 5.69 Å². The molecular formula is C14H15FN2O2S. The number of benzene rings is 2. The summed E-state index contributed by atoms with van der Waals surface area (Å²) in [5.41, 5.74) is 7.78. The van der Waals surface area contributed by atoms with E-state index >= 15 is 0 Å². The summed E-state index contributed by atoms with van der Waals surface area (Å²) in [7, 11) is -4.05. The van der Waals surface area contributed by atoms with Gasteiger partial charge in [-0.1, -0.05) is 12.1 Å². The first-order valence-corrected chi connectivity index (χ1v) is 7.43. The van der Waals surface area contributed by atoms with E-state index in [2.05, 4.69) is 4.72 Å². The Morgan fingerprint density at radius 3 is 2.40 bits per heavy atom. The number of sulfonamides is 1. The first-order valence-electron chi connectivity index (χ1n) is 5.95. The summed E-state index contributed by atoms with van der Waals surface area (Å²) >= 11 is 0. The fraction of sp³-hybridized carbons (Fsp3) is 0.143. The molecule has 0 saturated heterocycles. The van der Waals surface area contributed by atoms with Gasteiger partial charge in [-0.15, -0.1) is 0 Å². The molecular weight excluding hydrogens is 279 g/mol. The number of rotatable bonds is 3. The zero-order valence-corrected chi connectivity index (χ0v) is 12.0. The van der Waals surface area contributed by atoms with Gasteiger partial charge in [0.15, 0.2) is 0 Å². The Labute approximate surface area is 117 Å². The van der Waals surface area contributed by atoms with Crippen LogP contribution in [0.5, 0.6) is 0 Å². The number of hydrogen-bond donors (Lipinski definition) is 2. The van der Waals surface area contributed by atoms with Gasteiger partial charge in [0.25, 0.3) is 10.0 Å². The van der Waals surface area contributed by atoms with Crippen molar-refractivity contribution >= 4 is 21.4 Å². The molecule has 0 aliphatic heterocycles. The summed E-state index contributed by atoms with van der Waals surface area (Å²) < 4.78 is 40.4. The number of hydrogen-bond acceptors (Lipinski definition) is 3. The van der Waals surface area contributed by atoms with Crippen LogP contribution >= 0.6 is 0 Å². The van der Waals surface area contributed by atoms with Crippen LogP contribution in [0.25, 0.3) is 0 Å². The molecule has 0 aliphatic carbocycles. The van der Waals surface area contributed by atoms with Gasteiger partial charge in [0.1, 0.15) is 10.7 Å². The lowest BCUT2D eigenvalue weighted by atomic mass is 10.1. The molecule has 0 aromatic heterocycles. The SMILES string of the molecule is Cc1ccc(NS(=O)(=O)c2c(N)cccc2F)cc1C. The highest BCUT2D eigenvalue weighted by Crippen LogP contribution is 2.25. The van der Waals surface area contributed by atoms with Crippen LogP contribution in [0.2, 0.25) is 0 Å². The average Bonchev–Trinajstić information content (AvgIpc) is 2.33. The molecule has 20 heavy (non-hydrogen) atoms. The molecule has 6 heteroatoms. The van der Waals surface area contributed by atoms with E-state index in [-0.39, 0.29) is 5.69 Å². The zero-order valence-electron chi connectivity index (χ0n) is 11.1. The third kappa shape index (κ3) is 2.75. The van der Waals surface area contributed by atoms with E-state index in [4.69, 9.17) is 5.73 Å². The first kappa shape index (κ1) is 14.3. The van der Waals surface area contributed by atoms with E-state index in [9.17, 15) is 12.8 Å². The van der Waals surface area contributed by atoms with Crippen LogP contribution in [0.3, 0.4) is 0 Å². The summed E-state index contributed by atoms with van der Waals surface area (Å²) in [6.45, 7) is 3.78. The molecule has 0 saturated carbocycles. The number of nitrogens with two attached hydrogens (primary N) is 1. The second-order valence-corrected chi connectivity index (χ2v) is 6.18. The van der Waals surface area contributed by atoms with Crippen molar-refractivity contribution in [3.8, 4) is 0 Å². The zero-order chi connectivity index (χ0) is 14.9. The van der Waals surface area contributed by atoms with Gasteiger partial charge < -0.3 is 5.73 Å². The van der Waals surface area contributed by atoms with Crippen molar-refractivity contribution < 1.29 is 12.8 Å². The van der Waals surface area contributed by atoms with E-state index in [1.165, 1.54) is 12.1 Å². The van der Waals surface area contributed by atoms with Gasteiger partial charge >= 0.3 is 0 Å². The van der Waals surface area contributed by atoms with Crippen LogP contribution < -0.4 is 10.5 Å². The lowest BCUT2D eigenvalue weighted by Gasteiger charge is -2.12. The second-order valence-electron chi connectivity index (χ2n) is 4.56. The Morgan fingerprint density at radius 2 is 1.80 bits per heavy atom. The van der Waals surface area contributed by atoms with Gasteiger partial charge in [-0.25, -0.2) is 12.8 Å². The quantitative estimate of drug-likeness (QED) is 0.855. The molecule has 106 valence electrons. The predicted molar refractivity (Wildman–Crippen MR) is 77.5 cm³/mol. The molecule has 0 spiro atoms. The minimum absolute atomic E-state index is 0.124. The Bertz CT molecular complexity index is 738. The summed E-state index contributed by atoms with van der Waals surface area (Å²) in [4.78, 5) is -0.529. The summed E-state index contributed by atoms with van der Waals surface area (Å²) in [5, 5.41) is 0. The molecule has 0 aliphatic rings. The maximum Gasteiger partial charge on any atom is 0.266 e. The van der Waals surface area contributed by atoms with Crippen molar-refractivity contribution in [3.05, 3.63) is 53.3 Å². The summed E-state index contributed by atoms with van der Waals surface area (Å²) in [6.07, 6.45) is 0. The molecule has 0 bridgehead atoms. The Hall–Kier alpha value is -2.08. The van der Waals surface area contributed by atoms with Crippen LogP contribution in [-0.2, 0) is 10.0 Å². The Morgan fingerprint density at radius 1 is 1.10 bits per heavy atom. The fourth-order valence-electron chi connectivity index (χ4n) is 1.82. The number of nitrogen functional groups attached to an aromatic ring is 1. The minimum atomic E-state index is -4.05. The monoisotopic (exact) mass is 294 g/mol. The van der Waals surface area contributed by atoms with Crippen molar-refractivity contribution in [1.29, 1.82) is 0 Å². The smallest absolute Gasteiger partial charge is 0.266 e. The van der Waals surface area contributed by atoms with E-state index in [1.807, 2.05) is 13.8 Å². The van der Waals surface area contributed by atoms with Gasteiger partial charge in [0.05, 0.1) is 5.69 Å². The third-order valence-electron chi connectivity index (χ3n) is 3.03. The highest BCUT2D eigenvalue weighted by Gasteiger charge is 2.22. The molecule has 2 aromatic rings. The van der Waals surface area contributed by atoms with Crippen molar-refractivity contribution in [3.63, 3.8) is 0 Å². The number of anilines is 2. The van der Waals surface area contributed by atoms with Crippen LogP contribution in [0.4, 0.5) is 15.8 Å². The maximum atomic E-state index is 13.7. The standard InChI is InChI=1S/C14H15FN2O2S/c1-9-6-7-11(8-10(9)2)17-20(18,19)14-12(15)4-3-5-13(14)16/h3-8,17H,16H2,1-2H3. The number of nitrogens with one attached hydrogen (secondary N) is 1. The van der Waals surface area contributed by atoms with Crippen LogP contribution in [0.1, 0.15) is 11.1 Å². The second kappa shape index (κ2) is 5.13. The van der Waals surface area contributed by atoms with Gasteiger partial charge in [-0.2, -0.15) is 0 Å². The molecule has 0 heterocycles. The van der Waals surface area contributed by atoms with E-state index in [0.717, 1.165) is 17.2 Å². The molecule has 3 N–H and O–H groups in total. The molecule has 0 radical (unpaired) electrons. The molecule has 0 fully saturated rings. The lowest BCUT2D eigenvalue weighted by Crippen LogP contribution is -2.16. The molecule has 0 atom stereocenters. The molecule has 2 aromatic carbocycles. The third-order valence-corrected chi connectivity index (χ3v) is 4.50. The van der Waals surface area contributed by atoms with Crippen molar-refractivity contribution in [1.82, 2.24) is 0 Å². The van der Waals surface area contributed by atoms with Gasteiger partial charge in [-0.05, 0) is 49.2 Å². The summed E-state index contributed by atoms with van der Waals surface area (Å²) in [6, 6.07) is 8.86. The van der Waals surface area contributed by atoms with Crippen molar-refractivity contribution in [2.75, 3.05) is 10.5 Å². The normalized spacial score (nSPS) is 11.3. The predicted octanol–water partition coefficient (Wildman–Crippen LogP) is 2.83. The van der Waals surface area contributed by atoms with Crippen molar-refractivity contribution in [2.24, 2.45) is 0 Å². The van der Waals surface area contributed by atoms with E-state index in [1.54, 1.807) is 18.2 Å². The highest BCUT2D eigenvalue weighted by molar-refractivity contribution is 7.92. The fourth-order valence-corrected chi connectivity index (χ4v) is 3.06. The molecule has 0 amide bonds. The van der Waals surface area contributed by atoms with E-state index < -0.39 is 20.7 Å². The molecule has 4 nitrogen and oxygen atoms in total. The van der Waals surface area contributed by atoms with Crippen LogP contribution in [0, 0.1) is 19.7 Å². The largest absolute Gasteiger partial charge is 0.398 e. The molecule has 2 rings (SSSR count). The maximum absolute atomic E-state index is 13.7. The first-order chi connectivity index (χ1) is 9.31. The number of halogens is 1. The van der Waals surface area contributed by atoms with Crippen LogP contribution in [-0.4, -0.2) is 8.42 Å². The molecule has 0 unspecified atom stereocenters. The highest BCUT2D eigenvalue weighted by atomic mass is 32.2. The Balaban J connectivity index is 2.43. The minimum Gasteiger partial charge on any atom is -0.398 e. The van der Waals surface area contributed by atoms with Crippen molar-refractivity contribution in [2.45, 2.75) is 18.7 Å². The lowest BCUT2D eigenvalue weighted by molar-refractivity contribution is 0.572. The Kier molecular flexibility index (Phi) is 3.67. The van der Waals surface area contributed by atoms with Crippen LogP contribution in [0.15, 0.2) is 41.3 Å². The summed E-state index contributed by atoms with van der Waals surface area (Å²) in [5.74, 6) is -0.874.